The van der Waals surface area contributed by atoms with Gasteiger partial charge in [0.05, 0.1) is 16.1 Å². The van der Waals surface area contributed by atoms with Gasteiger partial charge in [0, 0.05) is 46.3 Å². The molecule has 4 rings (SSSR count). The molecule has 0 spiro atoms. The molecule has 2 aromatic carbocycles. The van der Waals surface area contributed by atoms with Crippen molar-refractivity contribution >= 4 is 41.2 Å². The number of carbonyl (C=O) groups is 2. The van der Waals surface area contributed by atoms with Crippen LogP contribution in [-0.4, -0.2) is 38.0 Å². The van der Waals surface area contributed by atoms with Gasteiger partial charge in [-0.25, -0.2) is 9.59 Å². The van der Waals surface area contributed by atoms with Gasteiger partial charge in [-0.2, -0.15) is 12.4 Å². The van der Waals surface area contributed by atoms with Gasteiger partial charge in [-0.1, -0.05) is 36.4 Å². The number of nitro groups is 1. The first-order valence-corrected chi connectivity index (χ1v) is 8.21. The molecule has 34 heavy (non-hydrogen) atoms. The van der Waals surface area contributed by atoms with Crippen LogP contribution in [0.1, 0.15) is 20.7 Å². The minimum Gasteiger partial charge on any atom is -0.665 e. The van der Waals surface area contributed by atoms with Gasteiger partial charge >= 0.3 is 29.0 Å². The first-order chi connectivity index (χ1) is 13.9. The second kappa shape index (κ2) is 15.8. The van der Waals surface area contributed by atoms with Gasteiger partial charge in [-0.3, -0.25) is 10.1 Å². The number of rotatable bonds is 3. The summed E-state index contributed by atoms with van der Waals surface area (Å²) in [7, 11) is 0. The van der Waals surface area contributed by atoms with Gasteiger partial charge in [0.15, 0.2) is 0 Å². The molecule has 3 radical (unpaired) electrons. The Hall–Kier alpha value is -2.92. The van der Waals surface area contributed by atoms with E-state index in [1.165, 1.54) is 0 Å². The van der Waals surface area contributed by atoms with Crippen LogP contribution < -0.4 is 10.4 Å². The van der Waals surface area contributed by atoms with Gasteiger partial charge in [-0.05, 0) is 16.5 Å². The van der Waals surface area contributed by atoms with Crippen LogP contribution >= 0.6 is 0 Å². The first kappa shape index (κ1) is 35.7. The smallest absolute Gasteiger partial charge is 0.665 e. The Labute approximate surface area is 224 Å². The third-order valence-corrected chi connectivity index (χ3v) is 3.97. The predicted octanol–water partition coefficient (Wildman–Crippen LogP) is 1.65. The van der Waals surface area contributed by atoms with Crippen molar-refractivity contribution in [1.82, 2.24) is 0 Å². The monoisotopic (exact) mass is 616 g/mol. The molecule has 0 aliphatic carbocycles. The van der Waals surface area contributed by atoms with E-state index in [1.807, 2.05) is 12.2 Å². The summed E-state index contributed by atoms with van der Waals surface area (Å²) in [6.07, 6.45) is 11.6. The number of fused-ring (bicyclic) bond motifs is 3. The van der Waals surface area contributed by atoms with Crippen LogP contribution in [0.5, 0.6) is 0 Å². The van der Waals surface area contributed by atoms with E-state index in [9.17, 15) is 19.7 Å². The maximum absolute atomic E-state index is 10.5. The fourth-order valence-corrected chi connectivity index (χ4v) is 2.64. The number of hydrogen-bond donors (Lipinski definition) is 2. The van der Waals surface area contributed by atoms with Crippen LogP contribution in [-0.2, 0) is 51.2 Å². The number of benzene rings is 2. The molecular weight excluding hydrogens is 601 g/mol. The molecule has 11 nitrogen and oxygen atoms in total. The predicted molar refractivity (Wildman–Crippen MR) is 113 cm³/mol. The average molecular weight is 618 g/mol. The largest absolute Gasteiger partial charge is 2.00 e. The van der Waals surface area contributed by atoms with Crippen LogP contribution in [0.2, 0.25) is 0 Å². The summed E-state index contributed by atoms with van der Waals surface area (Å²) in [4.78, 5) is 30.6. The van der Waals surface area contributed by atoms with E-state index < -0.39 is 33.7 Å². The maximum atomic E-state index is 10.5. The average Bonchev–Trinajstić information content (AvgIpc) is 2.73. The number of aromatic carboxylic acids is 2. The Morgan fingerprint density at radius 1 is 0.794 bits per heavy atom. The molecule has 6 N–H and O–H groups in total. The molecule has 0 saturated carbocycles. The minimum absolute atomic E-state index is 0. The van der Waals surface area contributed by atoms with E-state index in [0.29, 0.717) is 0 Å². The summed E-state index contributed by atoms with van der Waals surface area (Å²) in [5, 5.41) is 38.5. The molecule has 0 saturated heterocycles. The Balaban J connectivity index is -0.000000493. The van der Waals surface area contributed by atoms with Gasteiger partial charge < -0.3 is 31.8 Å². The molecule has 0 aromatic heterocycles. The fraction of sp³-hybridized carbons (Fsp3) is 0. The van der Waals surface area contributed by atoms with Crippen molar-refractivity contribution in [1.29, 1.82) is 0 Å². The van der Waals surface area contributed by atoms with Gasteiger partial charge in [0.2, 0.25) is 0 Å². The molecule has 14 heteroatoms. The molecule has 2 aliphatic heterocycles. The summed E-state index contributed by atoms with van der Waals surface area (Å²) in [6, 6.07) is 6.61. The molecule has 0 bridgehead atoms. The second-order valence-corrected chi connectivity index (χ2v) is 5.85. The number of non-ortho nitro benzene ring substituents is 1. The Bertz CT molecular complexity index is 1090. The van der Waals surface area contributed by atoms with Crippen molar-refractivity contribution in [2.24, 2.45) is 0 Å². The Kier molecular flexibility index (Phi) is 16.6. The summed E-state index contributed by atoms with van der Waals surface area (Å²) >= 11 is 0. The zero-order valence-electron chi connectivity index (χ0n) is 16.6. The number of allylic oxidation sites excluding steroid dienone is 2. The summed E-state index contributed by atoms with van der Waals surface area (Å²) < 4.78 is 0. The summed E-state index contributed by atoms with van der Waals surface area (Å²) in [5.74, 6) is -2.83. The van der Waals surface area contributed by atoms with Crippen LogP contribution in [0.15, 0.2) is 54.9 Å². The van der Waals surface area contributed by atoms with Crippen molar-refractivity contribution in [3.63, 3.8) is 0 Å². The van der Waals surface area contributed by atoms with E-state index in [-0.39, 0.29) is 62.2 Å². The van der Waals surface area contributed by atoms with E-state index in [2.05, 4.69) is 34.9 Å². The standard InChI is InChI=1S/C12H8N2.C8H5NO6.3Cu.2H2O/c1-3-9-5-6-10-4-2-8-14-12(10)11(9)13-7-1;10-7(11)4-1-5(8(12)13)3-6(2-4)9(14)15;;;;;/h1-8H;1-3H,(H,10,11)(H,12,13);;;;2*1H2/q-2;;;;+2;;. The third kappa shape index (κ3) is 8.45. The first-order valence-electron chi connectivity index (χ1n) is 8.21. The van der Waals surface area contributed by atoms with Crippen molar-refractivity contribution in [3.8, 4) is 0 Å². The zero-order chi connectivity index (χ0) is 21.0. The molecular formula is C20H17Cu3N3O8. The second-order valence-electron chi connectivity index (χ2n) is 5.85. The SMILES string of the molecule is C1=C[N-]c2c3c(ccc2=C1)=CC=C[N-]3.O.O.O=C(O)c1cc(C(=O)O)cc([N+](=O)[O-])c1.[Cu+2].[Cu].[Cu]. The van der Waals surface area contributed by atoms with Crippen LogP contribution in [0, 0.1) is 10.1 Å². The van der Waals surface area contributed by atoms with E-state index in [4.69, 9.17) is 10.2 Å². The summed E-state index contributed by atoms with van der Waals surface area (Å²) in [5.41, 5.74) is 0.534. The topological polar surface area (TPSA) is 209 Å². The number of carboxylic acid groups (broad SMARTS) is 2. The molecule has 2 heterocycles. The number of nitrogens with zero attached hydrogens (tertiary/aromatic N) is 3. The quantitative estimate of drug-likeness (QED) is 0.297. The van der Waals surface area contributed by atoms with Crippen molar-refractivity contribution in [3.05, 3.63) is 97.2 Å². The van der Waals surface area contributed by atoms with Gasteiger partial charge in [0.1, 0.15) is 0 Å². The van der Waals surface area contributed by atoms with Crippen molar-refractivity contribution in [2.45, 2.75) is 0 Å². The third-order valence-electron chi connectivity index (χ3n) is 3.97. The van der Waals surface area contributed by atoms with E-state index >= 15 is 0 Å². The Morgan fingerprint density at radius 2 is 1.18 bits per heavy atom. The fourth-order valence-electron chi connectivity index (χ4n) is 2.64. The Morgan fingerprint density at radius 3 is 1.50 bits per heavy atom. The molecule has 0 amide bonds. The van der Waals surface area contributed by atoms with Crippen molar-refractivity contribution < 1.29 is 86.9 Å². The van der Waals surface area contributed by atoms with E-state index in [1.54, 1.807) is 12.4 Å². The van der Waals surface area contributed by atoms with Crippen molar-refractivity contribution in [2.75, 3.05) is 0 Å². The number of hydrogen-bond acceptors (Lipinski definition) is 4. The van der Waals surface area contributed by atoms with Gasteiger partial charge in [0.25, 0.3) is 5.69 Å². The molecule has 0 fully saturated rings. The molecule has 0 atom stereocenters. The molecule has 2 aromatic rings. The van der Waals surface area contributed by atoms with Gasteiger partial charge in [-0.15, -0.1) is 11.4 Å². The number of nitro benzene ring substituents is 1. The zero-order valence-corrected chi connectivity index (χ0v) is 19.4. The van der Waals surface area contributed by atoms with Crippen LogP contribution in [0.3, 0.4) is 0 Å². The van der Waals surface area contributed by atoms with E-state index in [0.717, 1.165) is 40.0 Å². The molecule has 0 unspecified atom stereocenters. The van der Waals surface area contributed by atoms with Crippen LogP contribution in [0.25, 0.3) is 22.8 Å². The maximum Gasteiger partial charge on any atom is 2.00 e. The molecule has 193 valence electrons. The number of carboxylic acids is 2. The summed E-state index contributed by atoms with van der Waals surface area (Å²) in [6.45, 7) is 0. The van der Waals surface area contributed by atoms with Crippen LogP contribution in [0.4, 0.5) is 17.1 Å². The normalized spacial score (nSPS) is 10.6. The minimum atomic E-state index is -1.42. The molecule has 2 aliphatic rings.